The third kappa shape index (κ3) is 2.73. The van der Waals surface area contributed by atoms with Gasteiger partial charge in [-0.2, -0.15) is 28.6 Å². The maximum absolute atomic E-state index is 5.72. The Morgan fingerprint density at radius 1 is 1.65 bits per heavy atom. The SMILES string of the molecule is COc1cnn(C)c1C(NN)C1CSCCS1. The first-order valence-electron chi connectivity index (χ1n) is 5.49. The Morgan fingerprint density at radius 3 is 3.06 bits per heavy atom. The van der Waals surface area contributed by atoms with Gasteiger partial charge < -0.3 is 4.74 Å². The molecule has 0 radical (unpaired) electrons. The lowest BCUT2D eigenvalue weighted by atomic mass is 10.1. The number of ether oxygens (including phenoxy) is 1. The molecule has 1 aliphatic heterocycles. The molecule has 0 bridgehead atoms. The number of aromatic nitrogens is 2. The normalized spacial score (nSPS) is 22.4. The molecule has 0 spiro atoms. The molecular formula is C10H18N4OS2. The van der Waals surface area contributed by atoms with Crippen LogP contribution in [0.4, 0.5) is 0 Å². The van der Waals surface area contributed by atoms with Crippen LogP contribution in [0.1, 0.15) is 11.7 Å². The lowest BCUT2D eigenvalue weighted by Crippen LogP contribution is -2.39. The molecule has 1 aromatic rings. The highest BCUT2D eigenvalue weighted by Gasteiger charge is 2.29. The molecule has 2 unspecified atom stereocenters. The number of rotatable bonds is 4. The number of nitrogens with zero attached hydrogens (tertiary/aromatic N) is 2. The fourth-order valence-electron chi connectivity index (χ4n) is 2.00. The maximum atomic E-state index is 5.72. The van der Waals surface area contributed by atoms with Crippen molar-refractivity contribution in [3.8, 4) is 5.75 Å². The number of aryl methyl sites for hydroxylation is 1. The van der Waals surface area contributed by atoms with Crippen LogP contribution in [0, 0.1) is 0 Å². The van der Waals surface area contributed by atoms with Gasteiger partial charge in [-0.3, -0.25) is 16.0 Å². The van der Waals surface area contributed by atoms with Crippen molar-refractivity contribution in [1.82, 2.24) is 15.2 Å². The van der Waals surface area contributed by atoms with Crippen molar-refractivity contribution in [3.63, 3.8) is 0 Å². The molecule has 1 aliphatic rings. The lowest BCUT2D eigenvalue weighted by Gasteiger charge is -2.29. The van der Waals surface area contributed by atoms with Crippen LogP contribution < -0.4 is 16.0 Å². The summed E-state index contributed by atoms with van der Waals surface area (Å²) < 4.78 is 7.18. The smallest absolute Gasteiger partial charge is 0.161 e. The average molecular weight is 274 g/mol. The second kappa shape index (κ2) is 5.99. The third-order valence-electron chi connectivity index (χ3n) is 2.86. The van der Waals surface area contributed by atoms with E-state index < -0.39 is 0 Å². The molecule has 2 rings (SSSR count). The zero-order valence-corrected chi connectivity index (χ0v) is 11.7. The highest BCUT2D eigenvalue weighted by atomic mass is 32.2. The Hall–Kier alpha value is -0.370. The number of nitrogens with two attached hydrogens (primary N) is 1. The van der Waals surface area contributed by atoms with Gasteiger partial charge in [-0.25, -0.2) is 0 Å². The first-order chi connectivity index (χ1) is 8.27. The van der Waals surface area contributed by atoms with E-state index in [-0.39, 0.29) is 6.04 Å². The minimum Gasteiger partial charge on any atom is -0.493 e. The molecule has 2 atom stereocenters. The second-order valence-electron chi connectivity index (χ2n) is 3.85. The van der Waals surface area contributed by atoms with E-state index in [1.807, 2.05) is 35.3 Å². The van der Waals surface area contributed by atoms with E-state index in [2.05, 4.69) is 10.5 Å². The van der Waals surface area contributed by atoms with Gasteiger partial charge in [0, 0.05) is 29.6 Å². The summed E-state index contributed by atoms with van der Waals surface area (Å²) >= 11 is 3.94. The molecule has 96 valence electrons. The van der Waals surface area contributed by atoms with E-state index in [1.54, 1.807) is 13.3 Å². The zero-order valence-electron chi connectivity index (χ0n) is 10.0. The summed E-state index contributed by atoms with van der Waals surface area (Å²) in [5.74, 6) is 10.0. The van der Waals surface area contributed by atoms with Crippen LogP contribution in [0.2, 0.25) is 0 Å². The van der Waals surface area contributed by atoms with E-state index in [9.17, 15) is 0 Å². The summed E-state index contributed by atoms with van der Waals surface area (Å²) in [6, 6.07) is 0.0789. The van der Waals surface area contributed by atoms with Crippen molar-refractivity contribution in [2.45, 2.75) is 11.3 Å². The fourth-order valence-corrected chi connectivity index (χ4v) is 4.82. The lowest BCUT2D eigenvalue weighted by molar-refractivity contribution is 0.394. The van der Waals surface area contributed by atoms with Crippen LogP contribution in [0.15, 0.2) is 6.20 Å². The molecule has 1 saturated heterocycles. The third-order valence-corrected chi connectivity index (χ3v) is 5.72. The van der Waals surface area contributed by atoms with Crippen LogP contribution in [-0.4, -0.2) is 39.4 Å². The van der Waals surface area contributed by atoms with Crippen LogP contribution in [0.25, 0.3) is 0 Å². The van der Waals surface area contributed by atoms with Crippen molar-refractivity contribution in [2.24, 2.45) is 12.9 Å². The van der Waals surface area contributed by atoms with Gasteiger partial charge in [0.15, 0.2) is 5.75 Å². The summed E-state index contributed by atoms with van der Waals surface area (Å²) in [5, 5.41) is 4.69. The highest BCUT2D eigenvalue weighted by molar-refractivity contribution is 8.06. The van der Waals surface area contributed by atoms with Crippen molar-refractivity contribution in [1.29, 1.82) is 0 Å². The molecule has 0 saturated carbocycles. The Balaban J connectivity index is 2.23. The van der Waals surface area contributed by atoms with Gasteiger partial charge >= 0.3 is 0 Å². The summed E-state index contributed by atoms with van der Waals surface area (Å²) in [6.07, 6.45) is 1.74. The second-order valence-corrected chi connectivity index (χ2v) is 6.35. The molecule has 0 amide bonds. The van der Waals surface area contributed by atoms with Gasteiger partial charge in [-0.05, 0) is 0 Å². The molecule has 1 fully saturated rings. The van der Waals surface area contributed by atoms with Crippen molar-refractivity contribution >= 4 is 23.5 Å². The van der Waals surface area contributed by atoms with Gasteiger partial charge in [0.25, 0.3) is 0 Å². The van der Waals surface area contributed by atoms with Crippen molar-refractivity contribution in [2.75, 3.05) is 24.4 Å². The topological polar surface area (TPSA) is 65.1 Å². The Bertz CT molecular complexity index is 365. The molecule has 7 heteroatoms. The Labute approximate surface area is 110 Å². The van der Waals surface area contributed by atoms with Gasteiger partial charge in [-0.15, -0.1) is 0 Å². The Kier molecular flexibility index (Phi) is 4.61. The standard InChI is InChI=1S/C10H18N4OS2/c1-14-10(7(15-2)5-12-14)9(13-11)8-6-16-3-4-17-8/h5,8-9,13H,3-4,6,11H2,1-2H3. The maximum Gasteiger partial charge on any atom is 0.161 e. The van der Waals surface area contributed by atoms with Crippen LogP contribution >= 0.6 is 23.5 Å². The number of hydrogen-bond acceptors (Lipinski definition) is 6. The Morgan fingerprint density at radius 2 is 2.47 bits per heavy atom. The average Bonchev–Trinajstić information content (AvgIpc) is 2.74. The van der Waals surface area contributed by atoms with E-state index in [4.69, 9.17) is 10.6 Å². The number of methoxy groups -OCH3 is 1. The van der Waals surface area contributed by atoms with Gasteiger partial charge in [0.1, 0.15) is 0 Å². The van der Waals surface area contributed by atoms with E-state index in [1.165, 1.54) is 11.5 Å². The summed E-state index contributed by atoms with van der Waals surface area (Å²) in [6.45, 7) is 0. The monoisotopic (exact) mass is 274 g/mol. The van der Waals surface area contributed by atoms with Crippen LogP contribution in [-0.2, 0) is 7.05 Å². The summed E-state index contributed by atoms with van der Waals surface area (Å²) in [7, 11) is 3.58. The number of nitrogens with one attached hydrogen (secondary N) is 1. The van der Waals surface area contributed by atoms with E-state index in [0.717, 1.165) is 17.2 Å². The van der Waals surface area contributed by atoms with Crippen LogP contribution in [0.3, 0.4) is 0 Å². The van der Waals surface area contributed by atoms with Crippen LogP contribution in [0.5, 0.6) is 5.75 Å². The molecule has 17 heavy (non-hydrogen) atoms. The first kappa shape index (κ1) is 13.1. The quantitative estimate of drug-likeness (QED) is 0.625. The summed E-state index contributed by atoms with van der Waals surface area (Å²) in [4.78, 5) is 0. The molecule has 0 aromatic carbocycles. The van der Waals surface area contributed by atoms with Gasteiger partial charge in [0.05, 0.1) is 25.0 Å². The molecule has 5 nitrogen and oxygen atoms in total. The van der Waals surface area contributed by atoms with Gasteiger partial charge in [0.2, 0.25) is 0 Å². The minimum atomic E-state index is 0.0789. The van der Waals surface area contributed by atoms with Crippen molar-refractivity contribution < 1.29 is 4.74 Å². The van der Waals surface area contributed by atoms with Gasteiger partial charge in [-0.1, -0.05) is 0 Å². The molecule has 2 heterocycles. The predicted molar refractivity (Wildman–Crippen MR) is 73.4 cm³/mol. The van der Waals surface area contributed by atoms with Crippen molar-refractivity contribution in [3.05, 3.63) is 11.9 Å². The molecular weight excluding hydrogens is 256 g/mol. The van der Waals surface area contributed by atoms with E-state index in [0.29, 0.717) is 5.25 Å². The largest absolute Gasteiger partial charge is 0.493 e. The minimum absolute atomic E-state index is 0.0789. The molecule has 3 N–H and O–H groups in total. The first-order valence-corrected chi connectivity index (χ1v) is 7.69. The number of hydrogen-bond donors (Lipinski definition) is 2. The zero-order chi connectivity index (χ0) is 12.3. The molecule has 0 aliphatic carbocycles. The fraction of sp³-hybridized carbons (Fsp3) is 0.700. The molecule has 1 aromatic heterocycles. The number of thioether (sulfide) groups is 2. The number of hydrazine groups is 1. The highest BCUT2D eigenvalue weighted by Crippen LogP contribution is 2.36. The summed E-state index contributed by atoms with van der Waals surface area (Å²) in [5.41, 5.74) is 3.94. The predicted octanol–water partition coefficient (Wildman–Crippen LogP) is 0.782. The van der Waals surface area contributed by atoms with E-state index >= 15 is 0 Å².